The molecule has 0 saturated carbocycles. The Morgan fingerprint density at radius 1 is 0.129 bits per heavy atom. The number of fused-ring (bicyclic) bond motifs is 33. The Balaban J connectivity index is 0.000000107. The molecule has 0 amide bonds. The van der Waals surface area contributed by atoms with Crippen molar-refractivity contribution in [2.24, 2.45) is 0 Å². The summed E-state index contributed by atoms with van der Waals surface area (Å²) in [4.78, 5) is 0. The van der Waals surface area contributed by atoms with Crippen LogP contribution >= 0.6 is 0 Å². The molecule has 678 valence electrons. The van der Waals surface area contributed by atoms with Gasteiger partial charge in [0.25, 0.3) is 0 Å². The van der Waals surface area contributed by atoms with Gasteiger partial charge in [0.1, 0.15) is 18.2 Å². The van der Waals surface area contributed by atoms with Crippen molar-refractivity contribution in [3.05, 3.63) is 488 Å². The number of para-hydroxylation sites is 12. The molecule has 0 aliphatic rings. The molecule has 0 bridgehead atoms. The van der Waals surface area contributed by atoms with E-state index >= 15 is 0 Å². The molecule has 30 rings (SSSR count). The molecule has 9 aromatic heterocycles. The largest absolute Gasteiger partial charge is 0.309 e. The normalized spacial score (nSPS) is 11.6. The third-order valence-electron chi connectivity index (χ3n) is 29.6. The Kier molecular flexibility index (Phi) is 19.0. The van der Waals surface area contributed by atoms with Gasteiger partial charge in [0.15, 0.2) is 0 Å². The van der Waals surface area contributed by atoms with Gasteiger partial charge in [-0.3, -0.25) is 0 Å². The molecule has 0 atom stereocenters. The third-order valence-corrected chi connectivity index (χ3v) is 29.6. The fourth-order valence-corrected chi connectivity index (χ4v) is 23.8. The highest BCUT2D eigenvalue weighted by atomic mass is 15.1. The number of nitrogens with zero attached hydrogens (tertiary/aromatic N) is 15. The van der Waals surface area contributed by atoms with Crippen LogP contribution in [0.4, 0.5) is 0 Å². The Morgan fingerprint density at radius 2 is 0.395 bits per heavy atom. The average Bonchev–Trinajstić information content (AvgIpc) is 1.54. The molecular weight excluding hydrogens is 1800 g/mol. The standard InChI is InChI=1S/3C44H25N5/c45-26-28-12-7-9-20-36(28)49-39-25-23-33-32-22-24-38-40(34-18-8-10-21-37(34)47(38)30-14-3-1-4-15-30)43(32)48(31-16-5-2-6-17-31)44(33)41(39)35-19-11-13-29(27-46)42(35)49;45-26-28-19-21-32(22-20-28)48-38-18-10-8-16-35(38)41-42(48)29(27-46)25-36-33-23-24-39-40(43(33)49(44(36)41)31-13-5-2-6-14-31)34-15-7-9-17-37(34)47(39)30-11-3-1-4-12-30;45-26-28-15-18-32(19-16-28)48-37-14-8-7-13-35(37)41-39(48)23-20-33-34-21-24-40-42(44(34)49(43(33)41)31-11-5-2-6-12-31)36-25-29(27-46)17-22-38(36)47(40)30-9-3-1-4-10-30/h3*1-25H. The fourth-order valence-electron chi connectivity index (χ4n) is 23.8. The van der Waals surface area contributed by atoms with E-state index in [0.29, 0.717) is 33.4 Å². The molecule has 15 heteroatoms. The van der Waals surface area contributed by atoms with Gasteiger partial charge in [0.05, 0.1) is 157 Å². The van der Waals surface area contributed by atoms with Crippen LogP contribution in [-0.4, -0.2) is 41.1 Å². The van der Waals surface area contributed by atoms with Gasteiger partial charge in [-0.05, 0) is 218 Å². The van der Waals surface area contributed by atoms with Crippen LogP contribution in [-0.2, 0) is 0 Å². The van der Waals surface area contributed by atoms with E-state index in [4.69, 9.17) is 0 Å². The molecule has 0 saturated heterocycles. The second-order valence-electron chi connectivity index (χ2n) is 37.1. The Labute approximate surface area is 839 Å². The van der Waals surface area contributed by atoms with E-state index in [0.717, 1.165) is 226 Å². The van der Waals surface area contributed by atoms with Crippen LogP contribution in [0.5, 0.6) is 0 Å². The SMILES string of the molecule is N#Cc1ccc(-n2c3ccccc3c3c2c(C#N)cc2c4ccc5c(c6ccccc6n5-c5ccccc5)c4n(-c4ccccc4)c23)cc1.N#Cc1ccc(-n2c3ccccc3c3c2ccc2c4ccc5c(c6cc(C#N)ccc6n5-c5ccccc5)c4n(-c4ccccc4)c23)cc1.N#Cc1ccccc1-n1c2ccc3c4ccc5c(c6ccccc6n5-c5ccccc5)c4n(-c4ccccc4)c3c2c2cccc(C#N)c21. The van der Waals surface area contributed by atoms with Crippen LogP contribution < -0.4 is 0 Å². The van der Waals surface area contributed by atoms with Gasteiger partial charge in [-0.1, -0.05) is 237 Å². The van der Waals surface area contributed by atoms with E-state index in [1.807, 2.05) is 121 Å². The maximum atomic E-state index is 10.8. The summed E-state index contributed by atoms with van der Waals surface area (Å²) >= 11 is 0. The van der Waals surface area contributed by atoms with Gasteiger partial charge in [-0.15, -0.1) is 0 Å². The fraction of sp³-hybridized carbons (Fsp3) is 0. The summed E-state index contributed by atoms with van der Waals surface area (Å²) in [7, 11) is 0. The van der Waals surface area contributed by atoms with Crippen molar-refractivity contribution >= 4 is 196 Å². The van der Waals surface area contributed by atoms with Crippen LogP contribution in [0, 0.1) is 68.0 Å². The highest BCUT2D eigenvalue weighted by Gasteiger charge is 2.32. The maximum absolute atomic E-state index is 10.8. The summed E-state index contributed by atoms with van der Waals surface area (Å²) in [6.45, 7) is 0. The summed E-state index contributed by atoms with van der Waals surface area (Å²) < 4.78 is 20.8. The zero-order chi connectivity index (χ0) is 97.9. The molecular formula is C132H75N15. The number of benzene rings is 21. The van der Waals surface area contributed by atoms with Crippen LogP contribution in [0.2, 0.25) is 0 Å². The van der Waals surface area contributed by atoms with Crippen LogP contribution in [0.1, 0.15) is 33.4 Å². The Morgan fingerprint density at radius 3 is 0.776 bits per heavy atom. The Bertz CT molecular complexity index is 11100. The van der Waals surface area contributed by atoms with E-state index in [2.05, 4.69) is 411 Å². The first-order chi connectivity index (χ1) is 72.8. The lowest BCUT2D eigenvalue weighted by molar-refractivity contribution is 1.16. The first-order valence-corrected chi connectivity index (χ1v) is 48.7. The molecule has 0 fully saturated rings. The number of hydrogen-bond acceptors (Lipinski definition) is 6. The predicted molar refractivity (Wildman–Crippen MR) is 597 cm³/mol. The minimum atomic E-state index is 0.549. The van der Waals surface area contributed by atoms with Crippen molar-refractivity contribution in [1.82, 2.24) is 41.1 Å². The zero-order valence-electron chi connectivity index (χ0n) is 78.5. The van der Waals surface area contributed by atoms with Gasteiger partial charge in [0.2, 0.25) is 0 Å². The quantitative estimate of drug-likeness (QED) is 0.138. The lowest BCUT2D eigenvalue weighted by Gasteiger charge is -2.12. The van der Waals surface area contributed by atoms with Gasteiger partial charge in [-0.2, -0.15) is 31.6 Å². The van der Waals surface area contributed by atoms with E-state index in [1.54, 1.807) is 0 Å². The first kappa shape index (κ1) is 83.9. The molecule has 15 nitrogen and oxygen atoms in total. The van der Waals surface area contributed by atoms with Crippen molar-refractivity contribution in [3.8, 4) is 87.6 Å². The average molecular weight is 1870 g/mol. The summed E-state index contributed by atoms with van der Waals surface area (Å²) in [5.74, 6) is 0. The van der Waals surface area contributed by atoms with Crippen molar-refractivity contribution in [3.63, 3.8) is 0 Å². The molecule has 147 heavy (non-hydrogen) atoms. The summed E-state index contributed by atoms with van der Waals surface area (Å²) in [6, 6.07) is 171. The van der Waals surface area contributed by atoms with Gasteiger partial charge >= 0.3 is 0 Å². The molecule has 0 spiro atoms. The molecule has 21 aromatic carbocycles. The van der Waals surface area contributed by atoms with E-state index < -0.39 is 0 Å². The van der Waals surface area contributed by atoms with Crippen molar-refractivity contribution < 1.29 is 0 Å². The number of aromatic nitrogens is 9. The number of hydrogen-bond donors (Lipinski definition) is 0. The minimum absolute atomic E-state index is 0.549. The maximum Gasteiger partial charge on any atom is 0.101 e. The third kappa shape index (κ3) is 12.4. The van der Waals surface area contributed by atoms with Gasteiger partial charge in [0, 0.05) is 142 Å². The molecule has 0 aliphatic heterocycles. The molecule has 0 N–H and O–H groups in total. The van der Waals surface area contributed by atoms with E-state index in [9.17, 15) is 31.6 Å². The number of rotatable bonds is 9. The summed E-state index contributed by atoms with van der Waals surface area (Å²) in [6.07, 6.45) is 0. The molecule has 9 heterocycles. The topological polar surface area (TPSA) is 187 Å². The van der Waals surface area contributed by atoms with Gasteiger partial charge < -0.3 is 41.1 Å². The van der Waals surface area contributed by atoms with Crippen LogP contribution in [0.3, 0.4) is 0 Å². The molecule has 0 aliphatic carbocycles. The monoisotopic (exact) mass is 1870 g/mol. The minimum Gasteiger partial charge on any atom is -0.309 e. The van der Waals surface area contributed by atoms with E-state index in [-0.39, 0.29) is 0 Å². The van der Waals surface area contributed by atoms with Crippen LogP contribution in [0.15, 0.2) is 455 Å². The highest BCUT2D eigenvalue weighted by molar-refractivity contribution is 6.36. The lowest BCUT2D eigenvalue weighted by Crippen LogP contribution is -1.99. The first-order valence-electron chi connectivity index (χ1n) is 48.7. The molecule has 0 unspecified atom stereocenters. The molecule has 30 aromatic rings. The Hall–Kier alpha value is -21.2. The van der Waals surface area contributed by atoms with Crippen molar-refractivity contribution in [2.75, 3.05) is 0 Å². The lowest BCUT2D eigenvalue weighted by atomic mass is 10.0. The second kappa shape index (κ2) is 33.2. The highest BCUT2D eigenvalue weighted by Crippen LogP contribution is 2.53. The van der Waals surface area contributed by atoms with Crippen molar-refractivity contribution in [2.45, 2.75) is 0 Å². The summed E-state index contributed by atoms with van der Waals surface area (Å²) in [5.41, 5.74) is 31.7. The number of nitriles is 6. The molecule has 0 radical (unpaired) electrons. The second-order valence-corrected chi connectivity index (χ2v) is 37.1. The van der Waals surface area contributed by atoms with Crippen LogP contribution in [0.25, 0.3) is 247 Å². The summed E-state index contributed by atoms with van der Waals surface area (Å²) in [5, 5.41) is 80.4. The predicted octanol–water partition coefficient (Wildman–Crippen LogP) is 32.2. The van der Waals surface area contributed by atoms with E-state index in [1.165, 1.54) is 21.5 Å². The zero-order valence-corrected chi connectivity index (χ0v) is 78.5. The smallest absolute Gasteiger partial charge is 0.101 e. The van der Waals surface area contributed by atoms with Crippen molar-refractivity contribution in [1.29, 1.82) is 31.6 Å². The van der Waals surface area contributed by atoms with Gasteiger partial charge in [-0.25, -0.2) is 0 Å².